The molecule has 0 saturated carbocycles. The summed E-state index contributed by atoms with van der Waals surface area (Å²) in [5.41, 5.74) is 1.33. The molecule has 1 heterocycles. The third kappa shape index (κ3) is 3.32. The van der Waals surface area contributed by atoms with Gasteiger partial charge in [-0.25, -0.2) is 4.39 Å². The molecule has 2 aromatic rings. The second kappa shape index (κ2) is 5.84. The topological polar surface area (TPSA) is 47.3 Å². The number of hydrogen-bond donors (Lipinski definition) is 1. The third-order valence-corrected chi connectivity index (χ3v) is 2.97. The highest BCUT2D eigenvalue weighted by atomic mass is 19.1. The average Bonchev–Trinajstić information content (AvgIpc) is 2.75. The van der Waals surface area contributed by atoms with Gasteiger partial charge in [-0.3, -0.25) is 4.68 Å². The van der Waals surface area contributed by atoms with Crippen LogP contribution in [0.2, 0.25) is 0 Å². The number of ether oxygens (including phenoxy) is 1. The lowest BCUT2D eigenvalue weighted by Gasteiger charge is -2.10. The Morgan fingerprint density at radius 3 is 2.79 bits per heavy atom. The molecule has 1 N–H and O–H groups in total. The Balaban J connectivity index is 1.93. The highest BCUT2D eigenvalue weighted by Gasteiger charge is 2.09. The molecule has 0 spiro atoms. The van der Waals surface area contributed by atoms with Gasteiger partial charge < -0.3 is 9.84 Å². The van der Waals surface area contributed by atoms with Gasteiger partial charge in [-0.1, -0.05) is 0 Å². The van der Waals surface area contributed by atoms with Crippen LogP contribution >= 0.6 is 0 Å². The molecule has 5 heteroatoms. The van der Waals surface area contributed by atoms with Crippen molar-refractivity contribution in [2.24, 2.45) is 7.05 Å². The van der Waals surface area contributed by atoms with E-state index in [-0.39, 0.29) is 5.56 Å². The Bertz CT molecular complexity index is 552. The van der Waals surface area contributed by atoms with Gasteiger partial charge in [-0.2, -0.15) is 5.10 Å². The van der Waals surface area contributed by atoms with Crippen LogP contribution in [0.4, 0.5) is 4.39 Å². The lowest BCUT2D eigenvalue weighted by Crippen LogP contribution is -2.06. The van der Waals surface area contributed by atoms with Gasteiger partial charge >= 0.3 is 0 Å². The molecule has 19 heavy (non-hydrogen) atoms. The summed E-state index contributed by atoms with van der Waals surface area (Å²) in [6.45, 7) is 1.98. The number of aliphatic hydroxyl groups excluding tert-OH is 1. The van der Waals surface area contributed by atoms with Crippen molar-refractivity contribution in [3.05, 3.63) is 47.5 Å². The van der Waals surface area contributed by atoms with Crippen molar-refractivity contribution in [1.82, 2.24) is 9.78 Å². The van der Waals surface area contributed by atoms with Gasteiger partial charge in [-0.15, -0.1) is 0 Å². The van der Waals surface area contributed by atoms with E-state index < -0.39 is 11.9 Å². The zero-order valence-electron chi connectivity index (χ0n) is 11.0. The van der Waals surface area contributed by atoms with Gasteiger partial charge in [0.25, 0.3) is 0 Å². The lowest BCUT2D eigenvalue weighted by molar-refractivity contribution is 0.194. The number of benzene rings is 1. The molecule has 0 fully saturated rings. The highest BCUT2D eigenvalue weighted by Crippen LogP contribution is 2.21. The fourth-order valence-electron chi connectivity index (χ4n) is 1.86. The molecule has 0 aliphatic carbocycles. The molecule has 4 nitrogen and oxygen atoms in total. The molecule has 0 saturated heterocycles. The molecule has 1 atom stereocenters. The molecule has 2 rings (SSSR count). The van der Waals surface area contributed by atoms with E-state index in [0.29, 0.717) is 18.8 Å². The van der Waals surface area contributed by atoms with Crippen molar-refractivity contribution in [2.75, 3.05) is 6.61 Å². The molecule has 1 aromatic heterocycles. The van der Waals surface area contributed by atoms with Gasteiger partial charge in [0.2, 0.25) is 0 Å². The SMILES string of the molecule is C[C@H](O)c1ccc(OCCc2ccnn2C)cc1F. The van der Waals surface area contributed by atoms with E-state index in [2.05, 4.69) is 5.10 Å². The first-order valence-electron chi connectivity index (χ1n) is 6.15. The van der Waals surface area contributed by atoms with Crippen LogP contribution in [0.3, 0.4) is 0 Å². The number of aliphatic hydroxyl groups is 1. The number of rotatable bonds is 5. The molecule has 0 bridgehead atoms. The molecule has 0 aliphatic heterocycles. The highest BCUT2D eigenvalue weighted by molar-refractivity contribution is 5.30. The van der Waals surface area contributed by atoms with E-state index in [1.165, 1.54) is 13.0 Å². The number of aryl methyl sites for hydroxylation is 1. The maximum Gasteiger partial charge on any atom is 0.132 e. The van der Waals surface area contributed by atoms with Gasteiger partial charge in [-0.05, 0) is 25.1 Å². The standard InChI is InChI=1S/C14H17FN2O2/c1-10(18)13-4-3-12(9-14(13)15)19-8-6-11-5-7-16-17(11)2/h3-5,7,9-10,18H,6,8H2,1-2H3/t10-/m0/s1. The first-order chi connectivity index (χ1) is 9.08. The van der Waals surface area contributed by atoms with Gasteiger partial charge in [0.15, 0.2) is 0 Å². The van der Waals surface area contributed by atoms with Gasteiger partial charge in [0, 0.05) is 37.0 Å². The van der Waals surface area contributed by atoms with Crippen LogP contribution in [-0.4, -0.2) is 21.5 Å². The first kappa shape index (κ1) is 13.5. The van der Waals surface area contributed by atoms with Crippen LogP contribution in [0.15, 0.2) is 30.5 Å². The van der Waals surface area contributed by atoms with Crippen molar-refractivity contribution in [1.29, 1.82) is 0 Å². The van der Waals surface area contributed by atoms with E-state index in [1.807, 2.05) is 13.1 Å². The maximum atomic E-state index is 13.6. The first-order valence-corrected chi connectivity index (χ1v) is 6.15. The van der Waals surface area contributed by atoms with Crippen LogP contribution in [0, 0.1) is 5.82 Å². The minimum absolute atomic E-state index is 0.277. The van der Waals surface area contributed by atoms with E-state index in [4.69, 9.17) is 4.74 Å². The van der Waals surface area contributed by atoms with Gasteiger partial charge in [0.1, 0.15) is 11.6 Å². The summed E-state index contributed by atoms with van der Waals surface area (Å²) in [6.07, 6.45) is 1.62. The summed E-state index contributed by atoms with van der Waals surface area (Å²) in [5, 5.41) is 13.4. The predicted octanol–water partition coefficient (Wildman–Crippen LogP) is 2.23. The zero-order chi connectivity index (χ0) is 13.8. The Kier molecular flexibility index (Phi) is 4.16. The van der Waals surface area contributed by atoms with Crippen molar-refractivity contribution in [3.63, 3.8) is 0 Å². The van der Waals surface area contributed by atoms with Crippen LogP contribution in [0.25, 0.3) is 0 Å². The Morgan fingerprint density at radius 1 is 1.42 bits per heavy atom. The fourth-order valence-corrected chi connectivity index (χ4v) is 1.86. The quantitative estimate of drug-likeness (QED) is 0.901. The monoisotopic (exact) mass is 264 g/mol. The third-order valence-electron chi connectivity index (χ3n) is 2.97. The Hall–Kier alpha value is -1.88. The summed E-state index contributed by atoms with van der Waals surface area (Å²) < 4.78 is 20.9. The molecule has 1 aromatic carbocycles. The fraction of sp³-hybridized carbons (Fsp3) is 0.357. The van der Waals surface area contributed by atoms with Crippen molar-refractivity contribution in [2.45, 2.75) is 19.4 Å². The van der Waals surface area contributed by atoms with E-state index in [9.17, 15) is 9.50 Å². The molecular weight excluding hydrogens is 247 g/mol. The van der Waals surface area contributed by atoms with E-state index in [1.54, 1.807) is 23.0 Å². The number of hydrogen-bond acceptors (Lipinski definition) is 3. The molecule has 102 valence electrons. The summed E-state index contributed by atoms with van der Waals surface area (Å²) in [4.78, 5) is 0. The number of halogens is 1. The average molecular weight is 264 g/mol. The normalized spacial score (nSPS) is 12.4. The van der Waals surface area contributed by atoms with Gasteiger partial charge in [0.05, 0.1) is 12.7 Å². The van der Waals surface area contributed by atoms with E-state index in [0.717, 1.165) is 5.69 Å². The summed E-state index contributed by atoms with van der Waals surface area (Å²) in [7, 11) is 1.87. The van der Waals surface area contributed by atoms with Crippen LogP contribution in [-0.2, 0) is 13.5 Å². The summed E-state index contributed by atoms with van der Waals surface area (Å²) in [5.74, 6) is 0.0112. The van der Waals surface area contributed by atoms with Crippen molar-refractivity contribution in [3.8, 4) is 5.75 Å². The Labute approximate surface area is 111 Å². The summed E-state index contributed by atoms with van der Waals surface area (Å²) >= 11 is 0. The number of nitrogens with zero attached hydrogens (tertiary/aromatic N) is 2. The molecule has 0 amide bonds. The zero-order valence-corrected chi connectivity index (χ0v) is 11.0. The predicted molar refractivity (Wildman–Crippen MR) is 69.4 cm³/mol. The van der Waals surface area contributed by atoms with Crippen molar-refractivity contribution >= 4 is 0 Å². The smallest absolute Gasteiger partial charge is 0.132 e. The minimum Gasteiger partial charge on any atom is -0.493 e. The minimum atomic E-state index is -0.816. The Morgan fingerprint density at radius 2 is 2.21 bits per heavy atom. The molecular formula is C14H17FN2O2. The van der Waals surface area contributed by atoms with Crippen molar-refractivity contribution < 1.29 is 14.2 Å². The molecule has 0 unspecified atom stereocenters. The second-order valence-electron chi connectivity index (χ2n) is 4.40. The summed E-state index contributed by atoms with van der Waals surface area (Å²) in [6, 6.07) is 6.42. The lowest BCUT2D eigenvalue weighted by atomic mass is 10.1. The number of aromatic nitrogens is 2. The molecule has 0 radical (unpaired) electrons. The second-order valence-corrected chi connectivity index (χ2v) is 4.40. The van der Waals surface area contributed by atoms with E-state index >= 15 is 0 Å². The van der Waals surface area contributed by atoms with Crippen LogP contribution in [0.5, 0.6) is 5.75 Å². The molecule has 0 aliphatic rings. The largest absolute Gasteiger partial charge is 0.493 e. The maximum absolute atomic E-state index is 13.6. The van der Waals surface area contributed by atoms with Crippen LogP contribution in [0.1, 0.15) is 24.3 Å². The van der Waals surface area contributed by atoms with Crippen LogP contribution < -0.4 is 4.74 Å².